The van der Waals surface area contributed by atoms with E-state index >= 15 is 0 Å². The van der Waals surface area contributed by atoms with Crippen LogP contribution in [0.1, 0.15) is 32.1 Å². The highest BCUT2D eigenvalue weighted by atomic mass is 16.3. The van der Waals surface area contributed by atoms with Gasteiger partial charge in [0.1, 0.15) is 0 Å². The predicted octanol–water partition coefficient (Wildman–Crippen LogP) is 1.02. The van der Waals surface area contributed by atoms with E-state index in [1.165, 1.54) is 19.3 Å². The first-order valence-corrected chi connectivity index (χ1v) is 5.68. The molecule has 1 atom stereocenters. The molecule has 1 unspecified atom stereocenters. The van der Waals surface area contributed by atoms with Crippen LogP contribution in [0.15, 0.2) is 0 Å². The van der Waals surface area contributed by atoms with Gasteiger partial charge in [-0.15, -0.1) is 0 Å². The molecular formula is C11H19NO2. The zero-order valence-electron chi connectivity index (χ0n) is 8.61. The van der Waals surface area contributed by atoms with E-state index in [4.69, 9.17) is 5.11 Å². The van der Waals surface area contributed by atoms with E-state index in [-0.39, 0.29) is 6.61 Å². The lowest BCUT2D eigenvalue weighted by Gasteiger charge is -2.27. The molecule has 2 fully saturated rings. The lowest BCUT2D eigenvalue weighted by Crippen LogP contribution is -2.31. The third-order valence-electron chi connectivity index (χ3n) is 3.58. The molecule has 0 aromatic heterocycles. The summed E-state index contributed by atoms with van der Waals surface area (Å²) in [6.07, 6.45) is 5.51. The molecule has 3 nitrogen and oxygen atoms in total. The number of hydrogen-bond acceptors (Lipinski definition) is 2. The normalized spacial score (nSPS) is 27.8. The van der Waals surface area contributed by atoms with Gasteiger partial charge in [0.15, 0.2) is 0 Å². The van der Waals surface area contributed by atoms with Crippen molar-refractivity contribution < 1.29 is 9.90 Å². The van der Waals surface area contributed by atoms with E-state index in [0.29, 0.717) is 17.7 Å². The van der Waals surface area contributed by atoms with Gasteiger partial charge in [0.25, 0.3) is 0 Å². The number of aliphatic hydroxyl groups is 1. The Morgan fingerprint density at radius 3 is 2.57 bits per heavy atom. The maximum Gasteiger partial charge on any atom is 0.222 e. The molecule has 1 aliphatic heterocycles. The van der Waals surface area contributed by atoms with Crippen LogP contribution >= 0.6 is 0 Å². The fourth-order valence-corrected chi connectivity index (χ4v) is 2.28. The summed E-state index contributed by atoms with van der Waals surface area (Å²) in [7, 11) is 0. The smallest absolute Gasteiger partial charge is 0.222 e. The number of nitrogens with zero attached hydrogens (tertiary/aromatic N) is 1. The minimum atomic E-state index is 0.229. The first-order chi connectivity index (χ1) is 6.79. The number of amides is 1. The lowest BCUT2D eigenvalue weighted by molar-refractivity contribution is -0.131. The number of carbonyl (C=O) groups excluding carboxylic acids is 1. The molecule has 1 amide bonds. The third-order valence-corrected chi connectivity index (χ3v) is 3.58. The fourth-order valence-electron chi connectivity index (χ4n) is 2.28. The minimum Gasteiger partial charge on any atom is -0.396 e. The minimum absolute atomic E-state index is 0.229. The van der Waals surface area contributed by atoms with Crippen LogP contribution in [0.5, 0.6) is 0 Å². The summed E-state index contributed by atoms with van der Waals surface area (Å²) in [5, 5.41) is 8.97. The molecule has 14 heavy (non-hydrogen) atoms. The van der Waals surface area contributed by atoms with Crippen molar-refractivity contribution in [3.8, 4) is 0 Å². The van der Waals surface area contributed by atoms with Crippen molar-refractivity contribution in [1.82, 2.24) is 4.90 Å². The SMILES string of the molecule is O=C(CC1CCC1)N1CCC(CO)C1. The summed E-state index contributed by atoms with van der Waals surface area (Å²) in [6, 6.07) is 0. The molecule has 80 valence electrons. The molecule has 1 aliphatic carbocycles. The second-order valence-corrected chi connectivity index (χ2v) is 4.68. The molecule has 3 heteroatoms. The van der Waals surface area contributed by atoms with Crippen molar-refractivity contribution in [3.05, 3.63) is 0 Å². The van der Waals surface area contributed by atoms with Gasteiger partial charge in [-0.05, 0) is 25.2 Å². The Kier molecular flexibility index (Phi) is 3.06. The zero-order chi connectivity index (χ0) is 9.97. The molecule has 2 rings (SSSR count). The molecular weight excluding hydrogens is 178 g/mol. The van der Waals surface area contributed by atoms with Crippen LogP contribution < -0.4 is 0 Å². The topological polar surface area (TPSA) is 40.5 Å². The Hall–Kier alpha value is -0.570. The van der Waals surface area contributed by atoms with Gasteiger partial charge in [0.05, 0.1) is 0 Å². The number of hydrogen-bond donors (Lipinski definition) is 1. The molecule has 0 bridgehead atoms. The molecule has 2 aliphatic rings. The zero-order valence-corrected chi connectivity index (χ0v) is 8.61. The Bertz CT molecular complexity index is 213. The molecule has 0 aromatic carbocycles. The summed E-state index contributed by atoms with van der Waals surface area (Å²) in [6.45, 7) is 1.87. The van der Waals surface area contributed by atoms with Crippen LogP contribution in [0.25, 0.3) is 0 Å². The fraction of sp³-hybridized carbons (Fsp3) is 0.909. The highest BCUT2D eigenvalue weighted by Gasteiger charge is 2.28. The number of aliphatic hydroxyl groups excluding tert-OH is 1. The Balaban J connectivity index is 1.74. The molecule has 0 spiro atoms. The van der Waals surface area contributed by atoms with E-state index in [2.05, 4.69) is 0 Å². The second kappa shape index (κ2) is 4.30. The van der Waals surface area contributed by atoms with Gasteiger partial charge in [-0.2, -0.15) is 0 Å². The summed E-state index contributed by atoms with van der Waals surface area (Å²) in [5.41, 5.74) is 0. The van der Waals surface area contributed by atoms with E-state index < -0.39 is 0 Å². The standard InChI is InChI=1S/C11H19NO2/c13-8-10-4-5-12(7-10)11(14)6-9-2-1-3-9/h9-10,13H,1-8H2. The average Bonchev–Trinajstić information content (AvgIpc) is 2.59. The first-order valence-electron chi connectivity index (χ1n) is 5.68. The summed E-state index contributed by atoms with van der Waals surface area (Å²) >= 11 is 0. The van der Waals surface area contributed by atoms with Crippen molar-refractivity contribution in [2.75, 3.05) is 19.7 Å². The van der Waals surface area contributed by atoms with Crippen molar-refractivity contribution in [3.63, 3.8) is 0 Å². The van der Waals surface area contributed by atoms with Crippen LogP contribution in [-0.2, 0) is 4.79 Å². The number of rotatable bonds is 3. The molecule has 1 heterocycles. The Morgan fingerprint density at radius 2 is 2.07 bits per heavy atom. The highest BCUT2D eigenvalue weighted by molar-refractivity contribution is 5.76. The molecule has 1 N–H and O–H groups in total. The largest absolute Gasteiger partial charge is 0.396 e. The van der Waals surface area contributed by atoms with Gasteiger partial charge in [0, 0.05) is 32.0 Å². The summed E-state index contributed by atoms with van der Waals surface area (Å²) in [4.78, 5) is 13.7. The first kappa shape index (κ1) is 9.97. The number of carbonyl (C=O) groups is 1. The van der Waals surface area contributed by atoms with Gasteiger partial charge < -0.3 is 10.0 Å². The van der Waals surface area contributed by atoms with Crippen molar-refractivity contribution in [2.45, 2.75) is 32.1 Å². The monoisotopic (exact) mass is 197 g/mol. The Morgan fingerprint density at radius 1 is 1.29 bits per heavy atom. The third kappa shape index (κ3) is 2.08. The molecule has 1 saturated heterocycles. The van der Waals surface area contributed by atoms with E-state index in [0.717, 1.165) is 25.9 Å². The van der Waals surface area contributed by atoms with Gasteiger partial charge in [-0.3, -0.25) is 4.79 Å². The molecule has 1 saturated carbocycles. The Labute approximate surface area is 85.1 Å². The van der Waals surface area contributed by atoms with Crippen molar-refractivity contribution in [2.24, 2.45) is 11.8 Å². The van der Waals surface area contributed by atoms with Gasteiger partial charge in [-0.25, -0.2) is 0 Å². The average molecular weight is 197 g/mol. The lowest BCUT2D eigenvalue weighted by atomic mass is 9.83. The summed E-state index contributed by atoms with van der Waals surface area (Å²) in [5.74, 6) is 1.31. The second-order valence-electron chi connectivity index (χ2n) is 4.68. The van der Waals surface area contributed by atoms with Crippen LogP contribution in [0.2, 0.25) is 0 Å². The van der Waals surface area contributed by atoms with Gasteiger partial charge in [0.2, 0.25) is 5.91 Å². The van der Waals surface area contributed by atoms with Crippen molar-refractivity contribution in [1.29, 1.82) is 0 Å². The van der Waals surface area contributed by atoms with Gasteiger partial charge in [-0.1, -0.05) is 6.42 Å². The van der Waals surface area contributed by atoms with E-state index in [1.54, 1.807) is 0 Å². The maximum absolute atomic E-state index is 11.8. The summed E-state index contributed by atoms with van der Waals surface area (Å²) < 4.78 is 0. The van der Waals surface area contributed by atoms with Crippen LogP contribution in [0, 0.1) is 11.8 Å². The van der Waals surface area contributed by atoms with Crippen LogP contribution in [0.3, 0.4) is 0 Å². The van der Waals surface area contributed by atoms with Gasteiger partial charge >= 0.3 is 0 Å². The molecule has 0 aromatic rings. The maximum atomic E-state index is 11.8. The predicted molar refractivity (Wildman–Crippen MR) is 53.7 cm³/mol. The van der Waals surface area contributed by atoms with Crippen molar-refractivity contribution >= 4 is 5.91 Å². The van der Waals surface area contributed by atoms with E-state index in [9.17, 15) is 4.79 Å². The highest BCUT2D eigenvalue weighted by Crippen LogP contribution is 2.30. The number of likely N-dealkylation sites (tertiary alicyclic amines) is 1. The van der Waals surface area contributed by atoms with Crippen LogP contribution in [0.4, 0.5) is 0 Å². The van der Waals surface area contributed by atoms with Crippen LogP contribution in [-0.4, -0.2) is 35.6 Å². The quantitative estimate of drug-likeness (QED) is 0.733. The molecule has 0 radical (unpaired) electrons. The van der Waals surface area contributed by atoms with E-state index in [1.807, 2.05) is 4.90 Å².